The van der Waals surface area contributed by atoms with Gasteiger partial charge in [0, 0.05) is 11.3 Å². The van der Waals surface area contributed by atoms with Gasteiger partial charge < -0.3 is 5.32 Å². The second-order valence-corrected chi connectivity index (χ2v) is 9.99. The van der Waals surface area contributed by atoms with Gasteiger partial charge in [0.2, 0.25) is 10.0 Å². The molecular formula is C25H28N2O3S. The molecule has 0 spiro atoms. The number of aryl methyl sites for hydroxylation is 4. The molecule has 0 saturated heterocycles. The number of carbonyl (C=O) groups is 1. The van der Waals surface area contributed by atoms with E-state index in [0.717, 1.165) is 33.5 Å². The molecule has 1 amide bonds. The van der Waals surface area contributed by atoms with Crippen LogP contribution in [0.25, 0.3) is 0 Å². The highest BCUT2D eigenvalue weighted by Gasteiger charge is 2.19. The van der Waals surface area contributed by atoms with Crippen molar-refractivity contribution in [2.75, 3.05) is 15.9 Å². The minimum atomic E-state index is -3.47. The quantitative estimate of drug-likeness (QED) is 0.582. The summed E-state index contributed by atoms with van der Waals surface area (Å²) in [5.41, 5.74) is 6.80. The maximum absolute atomic E-state index is 12.6. The molecule has 31 heavy (non-hydrogen) atoms. The molecule has 0 bridgehead atoms. The monoisotopic (exact) mass is 436 g/mol. The Bertz CT molecular complexity index is 1200. The lowest BCUT2D eigenvalue weighted by Gasteiger charge is -2.23. The summed E-state index contributed by atoms with van der Waals surface area (Å²) < 4.78 is 26.3. The van der Waals surface area contributed by atoms with Gasteiger partial charge in [-0.1, -0.05) is 30.3 Å². The largest absolute Gasteiger partial charge is 0.322 e. The van der Waals surface area contributed by atoms with E-state index in [1.54, 1.807) is 24.3 Å². The van der Waals surface area contributed by atoms with E-state index in [4.69, 9.17) is 0 Å². The second-order valence-electron chi connectivity index (χ2n) is 8.08. The van der Waals surface area contributed by atoms with E-state index in [0.29, 0.717) is 11.3 Å². The van der Waals surface area contributed by atoms with E-state index in [1.165, 1.54) is 10.6 Å². The maximum atomic E-state index is 12.6. The highest BCUT2D eigenvalue weighted by atomic mass is 32.2. The van der Waals surface area contributed by atoms with Gasteiger partial charge in [0.15, 0.2) is 0 Å². The molecule has 3 rings (SSSR count). The van der Waals surface area contributed by atoms with Gasteiger partial charge >= 0.3 is 0 Å². The lowest BCUT2D eigenvalue weighted by molar-refractivity contribution is 0.102. The Balaban J connectivity index is 1.81. The molecule has 1 N–H and O–H groups in total. The smallest absolute Gasteiger partial charge is 0.255 e. The number of rotatable bonds is 6. The summed E-state index contributed by atoms with van der Waals surface area (Å²) in [6.07, 6.45) is 1.21. The van der Waals surface area contributed by atoms with Crippen molar-refractivity contribution in [1.82, 2.24) is 0 Å². The number of nitrogens with one attached hydrogen (secondary N) is 1. The van der Waals surface area contributed by atoms with Gasteiger partial charge in [0.25, 0.3) is 5.91 Å². The van der Waals surface area contributed by atoms with Crippen molar-refractivity contribution >= 4 is 27.3 Å². The molecule has 0 aliphatic carbocycles. The fourth-order valence-electron chi connectivity index (χ4n) is 3.49. The number of benzene rings is 3. The van der Waals surface area contributed by atoms with Gasteiger partial charge in [-0.3, -0.25) is 9.10 Å². The van der Waals surface area contributed by atoms with Crippen molar-refractivity contribution in [2.45, 2.75) is 34.2 Å². The zero-order valence-electron chi connectivity index (χ0n) is 18.6. The van der Waals surface area contributed by atoms with Crippen LogP contribution >= 0.6 is 0 Å². The van der Waals surface area contributed by atoms with Crippen molar-refractivity contribution < 1.29 is 13.2 Å². The molecule has 3 aromatic rings. The van der Waals surface area contributed by atoms with E-state index >= 15 is 0 Å². The minimum Gasteiger partial charge on any atom is -0.322 e. The number of hydrogen-bond acceptors (Lipinski definition) is 3. The first-order valence-corrected chi connectivity index (χ1v) is 11.9. The fourth-order valence-corrected chi connectivity index (χ4v) is 4.36. The van der Waals surface area contributed by atoms with Crippen molar-refractivity contribution in [3.8, 4) is 0 Å². The normalized spacial score (nSPS) is 11.3. The van der Waals surface area contributed by atoms with Crippen LogP contribution in [-0.2, 0) is 16.6 Å². The molecule has 6 heteroatoms. The molecule has 0 radical (unpaired) electrons. The molecule has 0 heterocycles. The molecule has 0 unspecified atom stereocenters. The van der Waals surface area contributed by atoms with Crippen LogP contribution in [-0.4, -0.2) is 20.6 Å². The molecule has 0 saturated carbocycles. The summed E-state index contributed by atoms with van der Waals surface area (Å²) in [4.78, 5) is 12.6. The molecule has 0 fully saturated rings. The van der Waals surface area contributed by atoms with Crippen LogP contribution in [0.2, 0.25) is 0 Å². The minimum absolute atomic E-state index is 0.195. The zero-order chi connectivity index (χ0) is 22.8. The second kappa shape index (κ2) is 8.94. The predicted octanol–water partition coefficient (Wildman–Crippen LogP) is 5.14. The Kier molecular flexibility index (Phi) is 6.51. The summed E-state index contributed by atoms with van der Waals surface area (Å²) in [7, 11) is -3.47. The first-order chi connectivity index (χ1) is 14.5. The van der Waals surface area contributed by atoms with Crippen LogP contribution in [0, 0.1) is 27.7 Å². The summed E-state index contributed by atoms with van der Waals surface area (Å²) in [6.45, 7) is 8.01. The van der Waals surface area contributed by atoms with Crippen molar-refractivity contribution in [1.29, 1.82) is 0 Å². The third-order valence-electron chi connectivity index (χ3n) is 5.08. The average molecular weight is 437 g/mol. The highest BCUT2D eigenvalue weighted by Crippen LogP contribution is 2.24. The predicted molar refractivity (Wildman–Crippen MR) is 127 cm³/mol. The summed E-state index contributed by atoms with van der Waals surface area (Å²) in [5.74, 6) is -0.200. The molecule has 0 aliphatic rings. The van der Waals surface area contributed by atoms with Crippen LogP contribution < -0.4 is 9.62 Å². The standard InChI is InChI=1S/C25H28N2O3S/c1-17-6-7-20(4)24(15-17)26-25(28)22-10-8-21(9-11-22)16-27(31(5,29)30)23-13-18(2)12-19(3)14-23/h6-15H,16H2,1-5H3,(H,26,28). The molecule has 3 aromatic carbocycles. The molecule has 0 aliphatic heterocycles. The summed E-state index contributed by atoms with van der Waals surface area (Å²) in [6, 6.07) is 18.7. The van der Waals surface area contributed by atoms with Gasteiger partial charge in [-0.2, -0.15) is 0 Å². The zero-order valence-corrected chi connectivity index (χ0v) is 19.4. The SMILES string of the molecule is Cc1cc(C)cc(N(Cc2ccc(C(=O)Nc3cc(C)ccc3C)cc2)S(C)(=O)=O)c1. The van der Waals surface area contributed by atoms with Crippen LogP contribution in [0.15, 0.2) is 60.7 Å². The summed E-state index contributed by atoms with van der Waals surface area (Å²) in [5, 5.41) is 2.94. The number of sulfonamides is 1. The number of anilines is 2. The van der Waals surface area contributed by atoms with Crippen LogP contribution in [0.1, 0.15) is 38.2 Å². The number of hydrogen-bond donors (Lipinski definition) is 1. The number of amides is 1. The molecular weight excluding hydrogens is 408 g/mol. The maximum Gasteiger partial charge on any atom is 0.255 e. The van der Waals surface area contributed by atoms with Crippen LogP contribution in [0.3, 0.4) is 0 Å². The third kappa shape index (κ3) is 5.73. The van der Waals surface area contributed by atoms with Crippen molar-refractivity contribution in [3.05, 3.63) is 94.0 Å². The van der Waals surface area contributed by atoms with Gasteiger partial charge in [-0.05, 0) is 85.8 Å². The first-order valence-electron chi connectivity index (χ1n) is 10.1. The lowest BCUT2D eigenvalue weighted by atomic mass is 10.1. The molecule has 5 nitrogen and oxygen atoms in total. The van der Waals surface area contributed by atoms with Gasteiger partial charge in [-0.15, -0.1) is 0 Å². The van der Waals surface area contributed by atoms with Crippen LogP contribution in [0.5, 0.6) is 0 Å². The highest BCUT2D eigenvalue weighted by molar-refractivity contribution is 7.92. The number of nitrogens with zero attached hydrogens (tertiary/aromatic N) is 1. The van der Waals surface area contributed by atoms with E-state index in [9.17, 15) is 13.2 Å². The Morgan fingerprint density at radius 3 is 2.03 bits per heavy atom. The number of carbonyl (C=O) groups excluding carboxylic acids is 1. The Morgan fingerprint density at radius 2 is 1.45 bits per heavy atom. The first kappa shape index (κ1) is 22.6. The van der Waals surface area contributed by atoms with E-state index in [1.807, 2.05) is 64.1 Å². The van der Waals surface area contributed by atoms with E-state index in [-0.39, 0.29) is 12.5 Å². The van der Waals surface area contributed by atoms with Crippen LogP contribution in [0.4, 0.5) is 11.4 Å². The van der Waals surface area contributed by atoms with E-state index < -0.39 is 10.0 Å². The Morgan fingerprint density at radius 1 is 0.839 bits per heavy atom. The van der Waals surface area contributed by atoms with Crippen molar-refractivity contribution in [2.24, 2.45) is 0 Å². The molecule has 0 aromatic heterocycles. The Labute approximate surface area is 184 Å². The van der Waals surface area contributed by atoms with Crippen molar-refractivity contribution in [3.63, 3.8) is 0 Å². The van der Waals surface area contributed by atoms with E-state index in [2.05, 4.69) is 5.32 Å². The Hall–Kier alpha value is -3.12. The van der Waals surface area contributed by atoms with Gasteiger partial charge in [0.1, 0.15) is 0 Å². The van der Waals surface area contributed by atoms with Gasteiger partial charge in [-0.25, -0.2) is 8.42 Å². The summed E-state index contributed by atoms with van der Waals surface area (Å²) >= 11 is 0. The molecule has 162 valence electrons. The average Bonchev–Trinajstić information content (AvgIpc) is 2.67. The third-order valence-corrected chi connectivity index (χ3v) is 6.22. The fraction of sp³-hybridized carbons (Fsp3) is 0.240. The lowest BCUT2D eigenvalue weighted by Crippen LogP contribution is -2.29. The molecule has 0 atom stereocenters. The van der Waals surface area contributed by atoms with Gasteiger partial charge in [0.05, 0.1) is 18.5 Å². The topological polar surface area (TPSA) is 66.5 Å².